The number of benzene rings is 2. The van der Waals surface area contributed by atoms with Crippen molar-refractivity contribution in [2.45, 2.75) is 31.9 Å². The summed E-state index contributed by atoms with van der Waals surface area (Å²) in [6.45, 7) is 0.624. The van der Waals surface area contributed by atoms with E-state index in [0.29, 0.717) is 33.7 Å². The second-order valence-corrected chi connectivity index (χ2v) is 8.70. The number of carbonyl (C=O) groups excluding carboxylic acids is 1. The number of hydrogen-bond donors (Lipinski definition) is 1. The Morgan fingerprint density at radius 1 is 1.00 bits per heavy atom. The van der Waals surface area contributed by atoms with Crippen molar-refractivity contribution in [3.05, 3.63) is 93.2 Å². The molecule has 1 fully saturated rings. The number of hydrogen-bond acceptors (Lipinski definition) is 4. The normalized spacial score (nSPS) is 15.5. The van der Waals surface area contributed by atoms with Gasteiger partial charge < -0.3 is 14.7 Å². The van der Waals surface area contributed by atoms with Crippen molar-refractivity contribution in [2.24, 2.45) is 0 Å². The smallest absolute Gasteiger partial charge is 0.337 e. The molecule has 0 unspecified atom stereocenters. The summed E-state index contributed by atoms with van der Waals surface area (Å²) >= 11 is 11.8. The van der Waals surface area contributed by atoms with Crippen LogP contribution in [0.4, 0.5) is 0 Å². The van der Waals surface area contributed by atoms with Crippen LogP contribution in [0.3, 0.4) is 0 Å². The van der Waals surface area contributed by atoms with Crippen molar-refractivity contribution in [3.63, 3.8) is 0 Å². The number of carboxylic acids is 1. The molecule has 1 aromatic heterocycles. The Morgan fingerprint density at radius 3 is 2.33 bits per heavy atom. The van der Waals surface area contributed by atoms with Gasteiger partial charge in [0.25, 0.3) is 0 Å². The number of carboxylic acid groups (broad SMARTS) is 1. The van der Waals surface area contributed by atoms with E-state index in [0.717, 1.165) is 18.4 Å². The second-order valence-electron chi connectivity index (χ2n) is 7.83. The SMILES string of the molecule is O=C(O)c1ccc([C@H]2CCCN2C(=O)Cc2ccc(Cl)cc2)nc1COc1ccc(Cl)cc1. The zero-order valence-corrected chi connectivity index (χ0v) is 19.2. The number of ether oxygens (including phenoxy) is 1. The van der Waals surface area contributed by atoms with Gasteiger partial charge >= 0.3 is 5.97 Å². The molecule has 1 atom stereocenters. The highest BCUT2D eigenvalue weighted by atomic mass is 35.5. The van der Waals surface area contributed by atoms with Crippen molar-refractivity contribution in [1.29, 1.82) is 0 Å². The van der Waals surface area contributed by atoms with E-state index in [9.17, 15) is 14.7 Å². The summed E-state index contributed by atoms with van der Waals surface area (Å²) in [4.78, 5) is 31.2. The van der Waals surface area contributed by atoms with Crippen LogP contribution in [0.5, 0.6) is 5.75 Å². The molecule has 1 aliphatic rings. The summed E-state index contributed by atoms with van der Waals surface area (Å²) in [5, 5.41) is 10.8. The molecule has 1 amide bonds. The number of amides is 1. The van der Waals surface area contributed by atoms with E-state index in [1.807, 2.05) is 17.0 Å². The minimum Gasteiger partial charge on any atom is -0.487 e. The van der Waals surface area contributed by atoms with Crippen LogP contribution in [0.15, 0.2) is 60.7 Å². The molecule has 0 saturated carbocycles. The summed E-state index contributed by atoms with van der Waals surface area (Å²) in [6, 6.07) is 17.1. The lowest BCUT2D eigenvalue weighted by Crippen LogP contribution is -2.32. The lowest BCUT2D eigenvalue weighted by molar-refractivity contribution is -0.131. The van der Waals surface area contributed by atoms with Gasteiger partial charge in [0, 0.05) is 16.6 Å². The monoisotopic (exact) mass is 484 g/mol. The van der Waals surface area contributed by atoms with E-state index < -0.39 is 5.97 Å². The number of rotatable bonds is 7. The third-order valence-electron chi connectivity index (χ3n) is 5.60. The van der Waals surface area contributed by atoms with Gasteiger partial charge in [-0.25, -0.2) is 4.79 Å². The van der Waals surface area contributed by atoms with Gasteiger partial charge in [0.05, 0.1) is 29.4 Å². The average molecular weight is 485 g/mol. The van der Waals surface area contributed by atoms with E-state index in [-0.39, 0.29) is 30.5 Å². The molecule has 1 saturated heterocycles. The molecule has 6 nitrogen and oxygen atoms in total. The van der Waals surface area contributed by atoms with E-state index in [2.05, 4.69) is 4.98 Å². The van der Waals surface area contributed by atoms with Gasteiger partial charge in [-0.1, -0.05) is 35.3 Å². The van der Waals surface area contributed by atoms with E-state index in [4.69, 9.17) is 27.9 Å². The summed E-state index contributed by atoms with van der Waals surface area (Å²) in [5.74, 6) is -0.516. The first-order valence-electron chi connectivity index (χ1n) is 10.6. The van der Waals surface area contributed by atoms with Gasteiger partial charge in [-0.2, -0.15) is 0 Å². The zero-order chi connectivity index (χ0) is 23.4. The van der Waals surface area contributed by atoms with Crippen molar-refractivity contribution in [3.8, 4) is 5.75 Å². The molecule has 2 heterocycles. The maximum atomic E-state index is 13.0. The Morgan fingerprint density at radius 2 is 1.67 bits per heavy atom. The molecule has 2 aromatic carbocycles. The van der Waals surface area contributed by atoms with Gasteiger partial charge in [-0.05, 0) is 66.9 Å². The molecule has 3 aromatic rings. The van der Waals surface area contributed by atoms with Gasteiger partial charge in [0.1, 0.15) is 12.4 Å². The second kappa shape index (κ2) is 10.2. The Hall–Kier alpha value is -3.09. The standard InChI is InChI=1S/C25H22Cl2N2O4/c26-17-5-3-16(4-6-17)14-24(30)29-13-1-2-23(29)21-12-11-20(25(31)32)22(28-21)15-33-19-9-7-18(27)8-10-19/h3-12,23H,1-2,13-15H2,(H,31,32)/t23-/m1/s1. The fourth-order valence-corrected chi connectivity index (χ4v) is 4.19. The van der Waals surface area contributed by atoms with Gasteiger partial charge in [-0.3, -0.25) is 9.78 Å². The molecule has 1 aliphatic heterocycles. The molecular weight excluding hydrogens is 463 g/mol. The first kappa shape index (κ1) is 23.1. The summed E-state index contributed by atoms with van der Waals surface area (Å²) in [7, 11) is 0. The summed E-state index contributed by atoms with van der Waals surface area (Å²) in [6.07, 6.45) is 1.90. The van der Waals surface area contributed by atoms with Crippen molar-refractivity contribution in [1.82, 2.24) is 9.88 Å². The Kier molecular flexibility index (Phi) is 7.16. The largest absolute Gasteiger partial charge is 0.487 e. The number of carbonyl (C=O) groups is 2. The van der Waals surface area contributed by atoms with Crippen LogP contribution in [0.2, 0.25) is 10.0 Å². The maximum Gasteiger partial charge on any atom is 0.337 e. The summed E-state index contributed by atoms with van der Waals surface area (Å²) in [5.41, 5.74) is 1.94. The van der Waals surface area contributed by atoms with Gasteiger partial charge in [0.2, 0.25) is 5.91 Å². The minimum atomic E-state index is -1.08. The number of aromatic carboxylic acids is 1. The fourth-order valence-electron chi connectivity index (χ4n) is 3.94. The quantitative estimate of drug-likeness (QED) is 0.473. The highest BCUT2D eigenvalue weighted by molar-refractivity contribution is 6.30. The van der Waals surface area contributed by atoms with E-state index >= 15 is 0 Å². The van der Waals surface area contributed by atoms with E-state index in [1.165, 1.54) is 6.07 Å². The maximum absolute atomic E-state index is 13.0. The number of pyridine rings is 1. The molecule has 33 heavy (non-hydrogen) atoms. The van der Waals surface area contributed by atoms with E-state index in [1.54, 1.807) is 42.5 Å². The molecule has 4 rings (SSSR count). The number of aromatic nitrogens is 1. The highest BCUT2D eigenvalue weighted by Crippen LogP contribution is 2.32. The van der Waals surface area contributed by atoms with Crippen molar-refractivity contribution >= 4 is 35.1 Å². The molecule has 0 radical (unpaired) electrons. The zero-order valence-electron chi connectivity index (χ0n) is 17.7. The fraction of sp³-hybridized carbons (Fsp3) is 0.240. The lowest BCUT2D eigenvalue weighted by Gasteiger charge is -2.25. The van der Waals surface area contributed by atoms with Crippen molar-refractivity contribution in [2.75, 3.05) is 6.54 Å². The van der Waals surface area contributed by atoms with Crippen LogP contribution in [0.1, 0.15) is 46.2 Å². The van der Waals surface area contributed by atoms with Crippen LogP contribution in [0, 0.1) is 0 Å². The number of halogens is 2. The number of likely N-dealkylation sites (tertiary alicyclic amines) is 1. The molecule has 0 bridgehead atoms. The first-order valence-corrected chi connectivity index (χ1v) is 11.3. The average Bonchev–Trinajstić information content (AvgIpc) is 3.30. The molecule has 0 aliphatic carbocycles. The third kappa shape index (κ3) is 5.64. The predicted molar refractivity (Wildman–Crippen MR) is 126 cm³/mol. The topological polar surface area (TPSA) is 79.7 Å². The molecule has 0 spiro atoms. The van der Waals surface area contributed by atoms with Crippen LogP contribution in [-0.4, -0.2) is 33.4 Å². The third-order valence-corrected chi connectivity index (χ3v) is 6.10. The Bertz CT molecular complexity index is 1150. The van der Waals surface area contributed by atoms with Crippen LogP contribution < -0.4 is 4.74 Å². The predicted octanol–water partition coefficient (Wildman–Crippen LogP) is 5.57. The summed E-state index contributed by atoms with van der Waals surface area (Å²) < 4.78 is 5.74. The number of nitrogens with zero attached hydrogens (tertiary/aromatic N) is 2. The molecule has 170 valence electrons. The molecular formula is C25H22Cl2N2O4. The highest BCUT2D eigenvalue weighted by Gasteiger charge is 2.31. The van der Waals surface area contributed by atoms with Crippen LogP contribution >= 0.6 is 23.2 Å². The Balaban J connectivity index is 1.53. The van der Waals surface area contributed by atoms with Crippen molar-refractivity contribution < 1.29 is 19.4 Å². The molecule has 1 N–H and O–H groups in total. The van der Waals surface area contributed by atoms with Gasteiger partial charge in [0.15, 0.2) is 0 Å². The Labute approximate surface area is 201 Å². The lowest BCUT2D eigenvalue weighted by atomic mass is 10.1. The van der Waals surface area contributed by atoms with Crippen LogP contribution in [-0.2, 0) is 17.8 Å². The first-order chi connectivity index (χ1) is 15.9. The molecule has 8 heteroatoms. The van der Waals surface area contributed by atoms with Crippen LogP contribution in [0.25, 0.3) is 0 Å². The van der Waals surface area contributed by atoms with Gasteiger partial charge in [-0.15, -0.1) is 0 Å². The minimum absolute atomic E-state index is 0.00268.